The molecule has 0 spiro atoms. The molecule has 0 radical (unpaired) electrons. The van der Waals surface area contributed by atoms with Crippen LogP contribution in [0.25, 0.3) is 0 Å². The van der Waals surface area contributed by atoms with Gasteiger partial charge in [-0.3, -0.25) is 0 Å². The molecule has 0 unspecified atom stereocenters. The van der Waals surface area contributed by atoms with E-state index in [-0.39, 0.29) is 5.91 Å². The Labute approximate surface area is 161 Å². The quantitative estimate of drug-likeness (QED) is 0.367. The van der Waals surface area contributed by atoms with Gasteiger partial charge in [-0.1, -0.05) is 0 Å². The standard InChI is InChI=1S/C21H25NO3Se/c1-25-21(24)19(16-17-10-4-2-5-11-17)22-20(23)14-8-9-15-26-18-12-6-3-7-13-18/h2-7,10-13,19H,8-9,14-16H2,1H3,(H,22,23)/t19-/m0/s1. The number of carbonyl (C=O) groups excluding carboxylic acids is 2. The van der Waals surface area contributed by atoms with Gasteiger partial charge in [0.05, 0.1) is 0 Å². The average Bonchev–Trinajstić information content (AvgIpc) is 2.68. The van der Waals surface area contributed by atoms with E-state index in [0.29, 0.717) is 27.8 Å². The molecule has 0 heterocycles. The molecular formula is C21H25NO3Se. The molecule has 138 valence electrons. The third-order valence-corrected chi connectivity index (χ3v) is 6.22. The summed E-state index contributed by atoms with van der Waals surface area (Å²) < 4.78 is 6.21. The first kappa shape index (κ1) is 20.2. The number of methoxy groups -OCH3 is 1. The third-order valence-electron chi connectivity index (χ3n) is 3.91. The van der Waals surface area contributed by atoms with Gasteiger partial charge in [0.25, 0.3) is 0 Å². The minimum absolute atomic E-state index is 0.0939. The van der Waals surface area contributed by atoms with Gasteiger partial charge >= 0.3 is 161 Å². The van der Waals surface area contributed by atoms with Crippen LogP contribution in [-0.4, -0.2) is 40.0 Å². The van der Waals surface area contributed by atoms with Crippen LogP contribution in [0.15, 0.2) is 60.7 Å². The second-order valence-corrected chi connectivity index (χ2v) is 8.40. The molecule has 1 N–H and O–H groups in total. The molecule has 1 amide bonds. The number of amides is 1. The van der Waals surface area contributed by atoms with E-state index < -0.39 is 12.0 Å². The number of unbranched alkanes of at least 4 members (excludes halogenated alkanes) is 1. The predicted octanol–water partition coefficient (Wildman–Crippen LogP) is 2.51. The summed E-state index contributed by atoms with van der Waals surface area (Å²) in [6.07, 6.45) is 2.73. The van der Waals surface area contributed by atoms with Crippen molar-refractivity contribution in [3.05, 3.63) is 66.2 Å². The minimum atomic E-state index is -0.636. The van der Waals surface area contributed by atoms with Crippen LogP contribution >= 0.6 is 0 Å². The maximum absolute atomic E-state index is 12.2. The normalized spacial score (nSPS) is 11.6. The van der Waals surface area contributed by atoms with Gasteiger partial charge in [0.2, 0.25) is 0 Å². The van der Waals surface area contributed by atoms with Crippen LogP contribution in [-0.2, 0) is 20.7 Å². The molecule has 2 aromatic rings. The Kier molecular flexibility index (Phi) is 8.94. The maximum atomic E-state index is 12.2. The number of hydrogen-bond acceptors (Lipinski definition) is 3. The van der Waals surface area contributed by atoms with Crippen molar-refractivity contribution < 1.29 is 14.3 Å². The average molecular weight is 418 g/mol. The fourth-order valence-electron chi connectivity index (χ4n) is 2.55. The zero-order chi connectivity index (χ0) is 18.6. The molecule has 0 aliphatic heterocycles. The van der Waals surface area contributed by atoms with Gasteiger partial charge in [-0.2, -0.15) is 0 Å². The van der Waals surface area contributed by atoms with E-state index in [1.165, 1.54) is 11.6 Å². The Morgan fingerprint density at radius 1 is 1.00 bits per heavy atom. The number of carbonyl (C=O) groups is 2. The summed E-state index contributed by atoms with van der Waals surface area (Å²) in [5.74, 6) is -0.502. The van der Waals surface area contributed by atoms with E-state index in [9.17, 15) is 9.59 Å². The van der Waals surface area contributed by atoms with Gasteiger partial charge < -0.3 is 0 Å². The van der Waals surface area contributed by atoms with Crippen molar-refractivity contribution in [3.63, 3.8) is 0 Å². The Morgan fingerprint density at radius 3 is 2.31 bits per heavy atom. The van der Waals surface area contributed by atoms with Gasteiger partial charge in [0.1, 0.15) is 0 Å². The molecule has 2 aromatic carbocycles. The number of rotatable bonds is 10. The summed E-state index contributed by atoms with van der Waals surface area (Å²) in [6, 6.07) is 19.4. The SMILES string of the molecule is COC(=O)[C@H](Cc1ccccc1)NC(=O)CCCC[Se]c1ccccc1. The molecule has 0 saturated carbocycles. The first-order valence-corrected chi connectivity index (χ1v) is 10.8. The Morgan fingerprint density at radius 2 is 1.65 bits per heavy atom. The first-order valence-electron chi connectivity index (χ1n) is 8.78. The van der Waals surface area contributed by atoms with Crippen LogP contribution in [0.4, 0.5) is 0 Å². The van der Waals surface area contributed by atoms with Crippen LogP contribution < -0.4 is 9.78 Å². The molecule has 0 aliphatic carbocycles. The van der Waals surface area contributed by atoms with Crippen LogP contribution in [0.5, 0.6) is 0 Å². The molecule has 26 heavy (non-hydrogen) atoms. The monoisotopic (exact) mass is 419 g/mol. The van der Waals surface area contributed by atoms with Crippen molar-refractivity contribution >= 4 is 31.3 Å². The van der Waals surface area contributed by atoms with E-state index in [0.717, 1.165) is 23.7 Å². The molecule has 0 aliphatic rings. The zero-order valence-corrected chi connectivity index (χ0v) is 16.7. The summed E-state index contributed by atoms with van der Waals surface area (Å²) in [5.41, 5.74) is 0.994. The van der Waals surface area contributed by atoms with Crippen molar-refractivity contribution in [3.8, 4) is 0 Å². The number of esters is 1. The van der Waals surface area contributed by atoms with E-state index in [1.54, 1.807) is 0 Å². The first-order chi connectivity index (χ1) is 12.7. The molecule has 4 nitrogen and oxygen atoms in total. The van der Waals surface area contributed by atoms with Gasteiger partial charge in [0.15, 0.2) is 0 Å². The molecule has 0 fully saturated rings. The second-order valence-electron chi connectivity index (χ2n) is 5.95. The topological polar surface area (TPSA) is 55.4 Å². The number of nitrogens with one attached hydrogen (secondary N) is 1. The van der Waals surface area contributed by atoms with Crippen LogP contribution in [0, 0.1) is 0 Å². The molecule has 1 atom stereocenters. The summed E-state index contributed by atoms with van der Waals surface area (Å²) in [4.78, 5) is 24.1. The Hall–Kier alpha value is -2.10. The summed E-state index contributed by atoms with van der Waals surface area (Å²) in [5, 5.41) is 3.94. The van der Waals surface area contributed by atoms with Crippen molar-refractivity contribution in [1.82, 2.24) is 5.32 Å². The van der Waals surface area contributed by atoms with E-state index in [4.69, 9.17) is 4.74 Å². The van der Waals surface area contributed by atoms with Crippen molar-refractivity contribution in [2.45, 2.75) is 37.0 Å². The molecule has 2 rings (SSSR count). The second kappa shape index (κ2) is 11.5. The predicted molar refractivity (Wildman–Crippen MR) is 105 cm³/mol. The van der Waals surface area contributed by atoms with Gasteiger partial charge in [-0.15, -0.1) is 0 Å². The molecule has 5 heteroatoms. The number of benzene rings is 2. The Bertz CT molecular complexity index is 676. The van der Waals surface area contributed by atoms with E-state index in [1.807, 2.05) is 36.4 Å². The van der Waals surface area contributed by atoms with Gasteiger partial charge in [0, 0.05) is 0 Å². The molecule has 0 saturated heterocycles. The number of ether oxygens (including phenoxy) is 1. The van der Waals surface area contributed by atoms with Crippen LogP contribution in [0.3, 0.4) is 0 Å². The third kappa shape index (κ3) is 7.42. The molecular weight excluding hydrogens is 393 g/mol. The van der Waals surface area contributed by atoms with Crippen LogP contribution in [0.2, 0.25) is 5.32 Å². The fourth-order valence-corrected chi connectivity index (χ4v) is 4.51. The van der Waals surface area contributed by atoms with Crippen LogP contribution in [0.1, 0.15) is 24.8 Å². The van der Waals surface area contributed by atoms with E-state index >= 15 is 0 Å². The van der Waals surface area contributed by atoms with E-state index in [2.05, 4.69) is 29.6 Å². The Balaban J connectivity index is 1.71. The summed E-state index contributed by atoms with van der Waals surface area (Å²) in [7, 11) is 1.35. The van der Waals surface area contributed by atoms with Crippen molar-refractivity contribution in [2.75, 3.05) is 7.11 Å². The molecule has 0 aromatic heterocycles. The van der Waals surface area contributed by atoms with Crippen molar-refractivity contribution in [1.29, 1.82) is 0 Å². The molecule has 0 bridgehead atoms. The summed E-state index contributed by atoms with van der Waals surface area (Å²) in [6.45, 7) is 0. The van der Waals surface area contributed by atoms with Crippen molar-refractivity contribution in [2.24, 2.45) is 0 Å². The van der Waals surface area contributed by atoms with Gasteiger partial charge in [-0.25, -0.2) is 0 Å². The fraction of sp³-hybridized carbons (Fsp3) is 0.333. The number of hydrogen-bond donors (Lipinski definition) is 1. The zero-order valence-electron chi connectivity index (χ0n) is 15.0. The van der Waals surface area contributed by atoms with Gasteiger partial charge in [-0.05, 0) is 0 Å². The summed E-state index contributed by atoms with van der Waals surface area (Å²) >= 11 is 0.458.